The van der Waals surface area contributed by atoms with Gasteiger partial charge in [0.2, 0.25) is 11.8 Å². The maximum atomic E-state index is 15.0. The Kier molecular flexibility index (Phi) is 11.4. The Labute approximate surface area is 269 Å². The largest absolute Gasteiger partial charge is 0.352 e. The van der Waals surface area contributed by atoms with E-state index < -0.39 is 40.2 Å². The van der Waals surface area contributed by atoms with Crippen LogP contribution >= 0.6 is 11.6 Å². The topological polar surface area (TPSA) is 86.8 Å². The molecule has 4 rings (SSSR count). The number of amides is 2. The highest BCUT2D eigenvalue weighted by molar-refractivity contribution is 7.92. The molecule has 4 aromatic rings. The van der Waals surface area contributed by atoms with Gasteiger partial charge in [0, 0.05) is 29.6 Å². The number of benzene rings is 4. The minimum Gasteiger partial charge on any atom is -0.352 e. The molecule has 0 fully saturated rings. The van der Waals surface area contributed by atoms with Crippen molar-refractivity contribution >= 4 is 39.1 Å². The summed E-state index contributed by atoms with van der Waals surface area (Å²) in [5.41, 5.74) is 1.65. The second-order valence-electron chi connectivity index (χ2n) is 10.8. The molecule has 0 radical (unpaired) electrons. The third-order valence-electron chi connectivity index (χ3n) is 7.69. The number of anilines is 1. The standard InChI is InChI=1S/C35H37ClFN3O4S/c1-4-25(2)38-35(42)33(22-27-14-7-5-8-15-27)39(23-28-16-11-12-20-31(28)37)34(41)24-40(32-21-13-19-30(36)26(32)3)45(43,44)29-17-9-6-10-18-29/h5-21,25,33H,4,22-24H2,1-3H3,(H,38,42)/t25-,33-/m1/s1. The molecule has 0 aliphatic carbocycles. The minimum absolute atomic E-state index is 0.0202. The van der Waals surface area contributed by atoms with Crippen molar-refractivity contribution in [3.63, 3.8) is 0 Å². The lowest BCUT2D eigenvalue weighted by Crippen LogP contribution is -2.54. The van der Waals surface area contributed by atoms with Crippen LogP contribution in [0.1, 0.15) is 37.0 Å². The summed E-state index contributed by atoms with van der Waals surface area (Å²) in [5.74, 6) is -1.65. The van der Waals surface area contributed by atoms with Crippen molar-refractivity contribution in [2.24, 2.45) is 0 Å². The average molecular weight is 650 g/mol. The van der Waals surface area contributed by atoms with E-state index in [9.17, 15) is 18.0 Å². The van der Waals surface area contributed by atoms with E-state index in [4.69, 9.17) is 11.6 Å². The second kappa shape index (κ2) is 15.2. The summed E-state index contributed by atoms with van der Waals surface area (Å²) in [7, 11) is -4.28. The molecule has 2 amide bonds. The van der Waals surface area contributed by atoms with Crippen LogP contribution in [0.3, 0.4) is 0 Å². The molecule has 0 unspecified atom stereocenters. The van der Waals surface area contributed by atoms with E-state index in [0.717, 1.165) is 9.87 Å². The number of halogens is 2. The van der Waals surface area contributed by atoms with E-state index in [0.29, 0.717) is 17.0 Å². The summed E-state index contributed by atoms with van der Waals surface area (Å²) in [5, 5.41) is 3.29. The molecule has 236 valence electrons. The van der Waals surface area contributed by atoms with Gasteiger partial charge in [-0.05, 0) is 61.7 Å². The molecule has 2 atom stereocenters. The van der Waals surface area contributed by atoms with Gasteiger partial charge in [-0.1, -0.05) is 91.3 Å². The van der Waals surface area contributed by atoms with Gasteiger partial charge in [0.25, 0.3) is 10.0 Å². The van der Waals surface area contributed by atoms with Crippen molar-refractivity contribution in [1.82, 2.24) is 10.2 Å². The molecule has 10 heteroatoms. The van der Waals surface area contributed by atoms with Crippen LogP contribution in [-0.4, -0.2) is 43.8 Å². The molecule has 0 bridgehead atoms. The van der Waals surface area contributed by atoms with Crippen molar-refractivity contribution in [3.8, 4) is 0 Å². The first-order chi connectivity index (χ1) is 21.5. The minimum atomic E-state index is -4.28. The first-order valence-corrected chi connectivity index (χ1v) is 16.5. The number of rotatable bonds is 13. The summed E-state index contributed by atoms with van der Waals surface area (Å²) >= 11 is 6.41. The fraction of sp³-hybridized carbons (Fsp3) is 0.257. The maximum Gasteiger partial charge on any atom is 0.264 e. The summed E-state index contributed by atoms with van der Waals surface area (Å²) in [6.07, 6.45) is 0.785. The molecule has 45 heavy (non-hydrogen) atoms. The van der Waals surface area contributed by atoms with Crippen LogP contribution in [0.2, 0.25) is 5.02 Å². The highest BCUT2D eigenvalue weighted by Gasteiger charge is 2.35. The molecule has 0 spiro atoms. The van der Waals surface area contributed by atoms with Gasteiger partial charge in [-0.25, -0.2) is 12.8 Å². The van der Waals surface area contributed by atoms with Gasteiger partial charge in [0.05, 0.1) is 10.6 Å². The molecule has 7 nitrogen and oxygen atoms in total. The summed E-state index contributed by atoms with van der Waals surface area (Å²) in [6, 6.07) is 26.5. The number of nitrogens with zero attached hydrogens (tertiary/aromatic N) is 2. The molecular formula is C35H37ClFN3O4S. The average Bonchev–Trinajstić information content (AvgIpc) is 3.04. The Morgan fingerprint density at radius 3 is 2.16 bits per heavy atom. The lowest BCUT2D eigenvalue weighted by molar-refractivity contribution is -0.140. The predicted octanol–water partition coefficient (Wildman–Crippen LogP) is 6.54. The summed E-state index contributed by atoms with van der Waals surface area (Å²) < 4.78 is 44.3. The normalized spacial score (nSPS) is 12.6. The Morgan fingerprint density at radius 2 is 1.51 bits per heavy atom. The van der Waals surface area contributed by atoms with Crippen LogP contribution in [-0.2, 0) is 32.6 Å². The molecule has 0 saturated heterocycles. The Hall–Kier alpha value is -4.21. The van der Waals surface area contributed by atoms with E-state index >= 15 is 4.39 Å². The predicted molar refractivity (Wildman–Crippen MR) is 176 cm³/mol. The lowest BCUT2D eigenvalue weighted by atomic mass is 10.0. The van der Waals surface area contributed by atoms with Crippen molar-refractivity contribution < 1.29 is 22.4 Å². The number of nitrogens with one attached hydrogen (secondary N) is 1. The highest BCUT2D eigenvalue weighted by Crippen LogP contribution is 2.31. The molecule has 4 aromatic carbocycles. The lowest BCUT2D eigenvalue weighted by Gasteiger charge is -2.34. The monoisotopic (exact) mass is 649 g/mol. The SMILES string of the molecule is CC[C@@H](C)NC(=O)[C@@H](Cc1ccccc1)N(Cc1ccccc1F)C(=O)CN(c1cccc(Cl)c1C)S(=O)(=O)c1ccccc1. The molecule has 0 heterocycles. The van der Waals surface area contributed by atoms with E-state index in [1.807, 2.05) is 44.2 Å². The van der Waals surface area contributed by atoms with Gasteiger partial charge in [-0.3, -0.25) is 13.9 Å². The van der Waals surface area contributed by atoms with Crippen LogP contribution in [0.15, 0.2) is 108 Å². The van der Waals surface area contributed by atoms with Gasteiger partial charge in [-0.15, -0.1) is 0 Å². The van der Waals surface area contributed by atoms with Crippen molar-refractivity contribution in [2.75, 3.05) is 10.8 Å². The number of carbonyl (C=O) groups excluding carboxylic acids is 2. The fourth-order valence-electron chi connectivity index (χ4n) is 4.90. The van der Waals surface area contributed by atoms with Crippen LogP contribution in [0.25, 0.3) is 0 Å². The molecule has 0 aromatic heterocycles. The van der Waals surface area contributed by atoms with E-state index in [1.165, 1.54) is 29.2 Å². The quantitative estimate of drug-likeness (QED) is 0.178. The van der Waals surface area contributed by atoms with Crippen molar-refractivity contribution in [2.45, 2.75) is 57.1 Å². The first kappa shape index (κ1) is 33.7. The fourth-order valence-corrected chi connectivity index (χ4v) is 6.57. The number of carbonyl (C=O) groups is 2. The molecule has 0 saturated carbocycles. The molecule has 1 N–H and O–H groups in total. The number of hydrogen-bond donors (Lipinski definition) is 1. The van der Waals surface area contributed by atoms with Gasteiger partial charge < -0.3 is 10.2 Å². The second-order valence-corrected chi connectivity index (χ2v) is 13.1. The molecule has 0 aliphatic heterocycles. The van der Waals surface area contributed by atoms with Gasteiger partial charge >= 0.3 is 0 Å². The van der Waals surface area contributed by atoms with Crippen molar-refractivity contribution in [3.05, 3.63) is 131 Å². The Bertz CT molecular complexity index is 1720. The third kappa shape index (κ3) is 8.29. The third-order valence-corrected chi connectivity index (χ3v) is 9.87. The zero-order chi connectivity index (χ0) is 32.6. The summed E-state index contributed by atoms with van der Waals surface area (Å²) in [4.78, 5) is 29.6. The van der Waals surface area contributed by atoms with Crippen LogP contribution in [0.5, 0.6) is 0 Å². The van der Waals surface area contributed by atoms with Crippen LogP contribution in [0, 0.1) is 12.7 Å². The van der Waals surface area contributed by atoms with E-state index in [-0.39, 0.29) is 35.2 Å². The van der Waals surface area contributed by atoms with E-state index in [2.05, 4.69) is 5.32 Å². The van der Waals surface area contributed by atoms with Crippen LogP contribution < -0.4 is 9.62 Å². The maximum absolute atomic E-state index is 15.0. The molecular weight excluding hydrogens is 613 g/mol. The Balaban J connectivity index is 1.84. The van der Waals surface area contributed by atoms with Gasteiger partial charge in [0.15, 0.2) is 0 Å². The Morgan fingerprint density at radius 1 is 0.889 bits per heavy atom. The highest BCUT2D eigenvalue weighted by atomic mass is 35.5. The first-order valence-electron chi connectivity index (χ1n) is 14.7. The van der Waals surface area contributed by atoms with Crippen molar-refractivity contribution in [1.29, 1.82) is 0 Å². The zero-order valence-electron chi connectivity index (χ0n) is 25.5. The van der Waals surface area contributed by atoms with Crippen LogP contribution in [0.4, 0.5) is 10.1 Å². The zero-order valence-corrected chi connectivity index (χ0v) is 27.1. The van der Waals surface area contributed by atoms with Gasteiger partial charge in [-0.2, -0.15) is 0 Å². The van der Waals surface area contributed by atoms with E-state index in [1.54, 1.807) is 55.5 Å². The summed E-state index contributed by atoms with van der Waals surface area (Å²) in [6.45, 7) is 4.54. The number of hydrogen-bond acceptors (Lipinski definition) is 4. The number of sulfonamides is 1. The van der Waals surface area contributed by atoms with Gasteiger partial charge in [0.1, 0.15) is 18.4 Å². The molecule has 0 aliphatic rings. The smallest absolute Gasteiger partial charge is 0.264 e.